The molecule has 0 heterocycles. The quantitative estimate of drug-likeness (QED) is 0.631. The van der Waals surface area contributed by atoms with E-state index >= 15 is 0 Å². The molecular weight excluding hydrogens is 305 g/mol. The molecule has 0 aliphatic carbocycles. The van der Waals surface area contributed by atoms with E-state index in [-0.39, 0.29) is 5.82 Å². The van der Waals surface area contributed by atoms with E-state index in [1.807, 2.05) is 37.3 Å². The maximum atomic E-state index is 13.6. The Labute approximate surface area is 142 Å². The van der Waals surface area contributed by atoms with Crippen LogP contribution in [0.5, 0.6) is 5.75 Å². The van der Waals surface area contributed by atoms with Gasteiger partial charge in [-0.05, 0) is 48.7 Å². The van der Waals surface area contributed by atoms with E-state index < -0.39 is 0 Å². The number of aliphatic imine (C=N–C) groups is 1. The van der Waals surface area contributed by atoms with E-state index in [0.29, 0.717) is 24.6 Å². The van der Waals surface area contributed by atoms with Gasteiger partial charge < -0.3 is 15.4 Å². The lowest BCUT2D eigenvalue weighted by Gasteiger charge is -2.12. The molecule has 0 saturated heterocycles. The molecule has 0 bridgehead atoms. The van der Waals surface area contributed by atoms with Gasteiger partial charge in [-0.1, -0.05) is 24.3 Å². The molecule has 0 atom stereocenters. The lowest BCUT2D eigenvalue weighted by molar-refractivity contribution is 0.414. The Hall–Kier alpha value is -2.56. The molecule has 0 aromatic heterocycles. The summed E-state index contributed by atoms with van der Waals surface area (Å²) in [5, 5.41) is 6.42. The zero-order chi connectivity index (χ0) is 17.4. The predicted octanol–water partition coefficient (Wildman–Crippen LogP) is 3.40. The highest BCUT2D eigenvalue weighted by molar-refractivity contribution is 5.79. The lowest BCUT2D eigenvalue weighted by atomic mass is 10.1. The maximum Gasteiger partial charge on any atom is 0.191 e. The number of guanidine groups is 1. The number of nitrogens with one attached hydrogen (secondary N) is 2. The highest BCUT2D eigenvalue weighted by Gasteiger charge is 2.02. The number of rotatable bonds is 6. The van der Waals surface area contributed by atoms with E-state index in [1.165, 1.54) is 0 Å². The van der Waals surface area contributed by atoms with Gasteiger partial charge >= 0.3 is 0 Å². The third-order valence-corrected chi connectivity index (χ3v) is 3.59. The lowest BCUT2D eigenvalue weighted by Crippen LogP contribution is -2.36. The SMILES string of the molecule is CCNC(=NCc1cccc(OC)c1)NCc1ccc(C)c(F)c1. The minimum Gasteiger partial charge on any atom is -0.497 e. The van der Waals surface area contributed by atoms with E-state index in [9.17, 15) is 4.39 Å². The van der Waals surface area contributed by atoms with Crippen molar-refractivity contribution in [3.8, 4) is 5.75 Å². The van der Waals surface area contributed by atoms with Crippen LogP contribution in [0.4, 0.5) is 4.39 Å². The van der Waals surface area contributed by atoms with Crippen LogP contribution in [0.1, 0.15) is 23.6 Å². The summed E-state index contributed by atoms with van der Waals surface area (Å²) < 4.78 is 18.8. The molecule has 2 N–H and O–H groups in total. The Morgan fingerprint density at radius 1 is 1.12 bits per heavy atom. The summed E-state index contributed by atoms with van der Waals surface area (Å²) in [6, 6.07) is 13.1. The van der Waals surface area contributed by atoms with Crippen LogP contribution in [0.2, 0.25) is 0 Å². The molecule has 0 amide bonds. The zero-order valence-corrected chi connectivity index (χ0v) is 14.4. The van der Waals surface area contributed by atoms with Crippen LogP contribution in [-0.2, 0) is 13.1 Å². The summed E-state index contributed by atoms with van der Waals surface area (Å²) in [5.41, 5.74) is 2.59. The van der Waals surface area contributed by atoms with Crippen molar-refractivity contribution in [2.45, 2.75) is 26.9 Å². The number of methoxy groups -OCH3 is 1. The number of halogens is 1. The van der Waals surface area contributed by atoms with Gasteiger partial charge in [-0.2, -0.15) is 0 Å². The molecule has 2 aromatic rings. The smallest absolute Gasteiger partial charge is 0.191 e. The zero-order valence-electron chi connectivity index (χ0n) is 14.4. The van der Waals surface area contributed by atoms with Crippen LogP contribution in [0.3, 0.4) is 0 Å². The van der Waals surface area contributed by atoms with Crippen molar-refractivity contribution in [3.05, 3.63) is 65.0 Å². The molecule has 24 heavy (non-hydrogen) atoms. The first-order chi connectivity index (χ1) is 11.6. The van der Waals surface area contributed by atoms with Gasteiger partial charge in [0.2, 0.25) is 0 Å². The van der Waals surface area contributed by atoms with Gasteiger partial charge in [0.25, 0.3) is 0 Å². The Balaban J connectivity index is 2.00. The van der Waals surface area contributed by atoms with Gasteiger partial charge in [-0.15, -0.1) is 0 Å². The Morgan fingerprint density at radius 2 is 1.96 bits per heavy atom. The molecule has 5 heteroatoms. The summed E-state index contributed by atoms with van der Waals surface area (Å²) in [4.78, 5) is 4.56. The summed E-state index contributed by atoms with van der Waals surface area (Å²) in [6.45, 7) is 5.57. The number of benzene rings is 2. The van der Waals surface area contributed by atoms with Crippen molar-refractivity contribution in [3.63, 3.8) is 0 Å². The van der Waals surface area contributed by atoms with Crippen molar-refractivity contribution in [1.29, 1.82) is 0 Å². The summed E-state index contributed by atoms with van der Waals surface area (Å²) >= 11 is 0. The fourth-order valence-electron chi connectivity index (χ4n) is 2.22. The normalized spacial score (nSPS) is 11.2. The molecule has 0 spiro atoms. The number of aryl methyl sites for hydroxylation is 1. The predicted molar refractivity (Wildman–Crippen MR) is 95.8 cm³/mol. The monoisotopic (exact) mass is 329 g/mol. The maximum absolute atomic E-state index is 13.6. The van der Waals surface area contributed by atoms with Gasteiger partial charge in [-0.25, -0.2) is 9.38 Å². The molecule has 2 rings (SSSR count). The second-order valence-electron chi connectivity index (χ2n) is 5.48. The van der Waals surface area contributed by atoms with Crippen LogP contribution in [0.25, 0.3) is 0 Å². The minimum atomic E-state index is -0.187. The number of hydrogen-bond acceptors (Lipinski definition) is 2. The van der Waals surface area contributed by atoms with Crippen molar-refractivity contribution in [1.82, 2.24) is 10.6 Å². The molecule has 0 radical (unpaired) electrons. The highest BCUT2D eigenvalue weighted by Crippen LogP contribution is 2.13. The van der Waals surface area contributed by atoms with Crippen LogP contribution in [0, 0.1) is 12.7 Å². The first-order valence-corrected chi connectivity index (χ1v) is 8.02. The molecule has 0 saturated carbocycles. The van der Waals surface area contributed by atoms with Gasteiger partial charge in [0.15, 0.2) is 5.96 Å². The molecular formula is C19H24FN3O. The Morgan fingerprint density at radius 3 is 2.67 bits per heavy atom. The first-order valence-electron chi connectivity index (χ1n) is 8.02. The molecule has 4 nitrogen and oxygen atoms in total. The third kappa shape index (κ3) is 5.26. The van der Waals surface area contributed by atoms with Crippen LogP contribution < -0.4 is 15.4 Å². The minimum absolute atomic E-state index is 0.187. The summed E-state index contributed by atoms with van der Waals surface area (Å²) in [5.74, 6) is 1.32. The van der Waals surface area contributed by atoms with E-state index in [2.05, 4.69) is 15.6 Å². The Kier molecular flexibility index (Phi) is 6.61. The van der Waals surface area contributed by atoms with E-state index in [1.54, 1.807) is 26.2 Å². The number of ether oxygens (including phenoxy) is 1. The Bertz CT molecular complexity index is 701. The third-order valence-electron chi connectivity index (χ3n) is 3.59. The number of nitrogens with zero attached hydrogens (tertiary/aromatic N) is 1. The van der Waals surface area contributed by atoms with Crippen molar-refractivity contribution >= 4 is 5.96 Å². The molecule has 0 fully saturated rings. The molecule has 0 aliphatic rings. The highest BCUT2D eigenvalue weighted by atomic mass is 19.1. The fourth-order valence-corrected chi connectivity index (χ4v) is 2.22. The van der Waals surface area contributed by atoms with E-state index in [4.69, 9.17) is 4.74 Å². The number of hydrogen-bond donors (Lipinski definition) is 2. The largest absolute Gasteiger partial charge is 0.497 e. The molecule has 0 aliphatic heterocycles. The van der Waals surface area contributed by atoms with Gasteiger partial charge in [0, 0.05) is 13.1 Å². The first kappa shape index (κ1) is 17.8. The van der Waals surface area contributed by atoms with Gasteiger partial charge in [-0.3, -0.25) is 0 Å². The molecule has 2 aromatic carbocycles. The second kappa shape index (κ2) is 8.91. The average molecular weight is 329 g/mol. The van der Waals surface area contributed by atoms with E-state index in [0.717, 1.165) is 23.4 Å². The van der Waals surface area contributed by atoms with Crippen molar-refractivity contribution in [2.75, 3.05) is 13.7 Å². The van der Waals surface area contributed by atoms with Crippen molar-refractivity contribution < 1.29 is 9.13 Å². The molecule has 128 valence electrons. The second-order valence-corrected chi connectivity index (χ2v) is 5.48. The van der Waals surface area contributed by atoms with Gasteiger partial charge in [0.05, 0.1) is 13.7 Å². The standard InChI is InChI=1S/C19H24FN3O/c1-4-21-19(22-12-15-6-5-7-17(10-15)24-3)23-13-16-9-8-14(2)18(20)11-16/h5-11H,4,12-13H2,1-3H3,(H2,21,22,23). The van der Waals surface area contributed by atoms with Crippen LogP contribution in [0.15, 0.2) is 47.5 Å². The average Bonchev–Trinajstić information content (AvgIpc) is 2.60. The topological polar surface area (TPSA) is 45.7 Å². The van der Waals surface area contributed by atoms with Crippen LogP contribution in [-0.4, -0.2) is 19.6 Å². The van der Waals surface area contributed by atoms with Crippen molar-refractivity contribution in [2.24, 2.45) is 4.99 Å². The molecule has 0 unspecified atom stereocenters. The summed E-state index contributed by atoms with van der Waals surface area (Å²) in [6.07, 6.45) is 0. The summed E-state index contributed by atoms with van der Waals surface area (Å²) in [7, 11) is 1.65. The van der Waals surface area contributed by atoms with Gasteiger partial charge in [0.1, 0.15) is 11.6 Å². The fraction of sp³-hybridized carbons (Fsp3) is 0.316. The van der Waals surface area contributed by atoms with Crippen LogP contribution >= 0.6 is 0 Å².